The first-order chi connectivity index (χ1) is 37.4. The number of likely N-dealkylation sites (tertiary alicyclic amines) is 1. The summed E-state index contributed by atoms with van der Waals surface area (Å²) in [6.45, 7) is 8.06. The number of methoxy groups -OCH3 is 2. The van der Waals surface area contributed by atoms with Gasteiger partial charge in [-0.15, -0.1) is 0 Å². The van der Waals surface area contributed by atoms with Crippen LogP contribution in [0.15, 0.2) is 134 Å². The molecule has 0 aliphatic carbocycles. The van der Waals surface area contributed by atoms with Crippen molar-refractivity contribution in [3.63, 3.8) is 0 Å². The van der Waals surface area contributed by atoms with Crippen LogP contribution in [-0.2, 0) is 19.2 Å². The number of benzene rings is 4. The van der Waals surface area contributed by atoms with Crippen molar-refractivity contribution in [2.45, 2.75) is 69.7 Å². The van der Waals surface area contributed by atoms with Crippen LogP contribution in [0.2, 0.25) is 10.0 Å². The van der Waals surface area contributed by atoms with Crippen molar-refractivity contribution in [1.29, 1.82) is 0 Å². The van der Waals surface area contributed by atoms with Crippen LogP contribution >= 0.6 is 39.1 Å². The summed E-state index contributed by atoms with van der Waals surface area (Å²) in [4.78, 5) is 54.0. The molecule has 0 bridgehead atoms. The van der Waals surface area contributed by atoms with Crippen molar-refractivity contribution >= 4 is 66.0 Å². The maximum absolute atomic E-state index is 11.7. The van der Waals surface area contributed by atoms with E-state index in [0.29, 0.717) is 32.8 Å². The van der Waals surface area contributed by atoms with Gasteiger partial charge < -0.3 is 26.4 Å². The van der Waals surface area contributed by atoms with E-state index in [1.54, 1.807) is 37.2 Å². The molecule has 2 aliphatic rings. The maximum Gasteiger partial charge on any atom is 1.00 e. The van der Waals surface area contributed by atoms with Crippen molar-refractivity contribution in [3.05, 3.63) is 178 Å². The zero-order valence-corrected chi connectivity index (χ0v) is 61.1. The number of esters is 2. The topological polar surface area (TPSA) is 226 Å². The Morgan fingerprint density at radius 1 is 0.667 bits per heavy atom. The van der Waals surface area contributed by atoms with Crippen LogP contribution < -0.4 is 148 Å². The Bertz CT molecular complexity index is 3130. The third-order valence-corrected chi connectivity index (χ3v) is 14.4. The zero-order chi connectivity index (χ0) is 54.7. The quantitative estimate of drug-likeness (QED) is 0.0352. The fourth-order valence-electron chi connectivity index (χ4n) is 9.25. The standard InChI is InChI=1S/C28H28ClN5O2.C18H18ClN5.C10H11BrO2.CH2O3.CH4.B.2Cs.H/c1-18(19-3-5-22(6-4-19)28(35)36-2)34-15-12-21(13-16-34)27-25(24-11-14-30-17-31-24)26(32-33-27)20-7-9-23(29)10-8-20;19-14-3-1-12(2-4-14)17-16(15-7-10-21-11-22-15)18(24-23-17)13-5-8-20-9-6-13;1-7(11)8-3-5-9(6-4-8)10(12)13-2;2-1-4-3;;;;;/h3-11,14,17-18,21H,12-13,15-16H2,1-2H3,(H,32,33);1-4,7,10-11,13,20H,5-6,8-9H2,(H,23,24);3-7H,1-2H3;1,3H;1H4;;;;/q;;;;;;2*+1;-1/p-1. The number of piperidine rings is 2. The predicted molar refractivity (Wildman–Crippen MR) is 311 cm³/mol. The summed E-state index contributed by atoms with van der Waals surface area (Å²) in [6.07, 6.45) is 10.9. The van der Waals surface area contributed by atoms with Gasteiger partial charge in [0.15, 0.2) is 0 Å². The van der Waals surface area contributed by atoms with Gasteiger partial charge in [0.1, 0.15) is 24.0 Å². The normalized spacial score (nSPS) is 13.7. The second-order valence-corrected chi connectivity index (χ2v) is 20.2. The van der Waals surface area contributed by atoms with Gasteiger partial charge in [0.05, 0.1) is 36.7 Å². The average Bonchev–Trinajstić information content (AvgIpc) is 4.26. The van der Waals surface area contributed by atoms with Gasteiger partial charge in [-0.2, -0.15) is 10.2 Å². The van der Waals surface area contributed by atoms with E-state index in [2.05, 4.69) is 77.9 Å². The summed E-state index contributed by atoms with van der Waals surface area (Å²) in [5.74, 6) is 0.194. The van der Waals surface area contributed by atoms with E-state index in [9.17, 15) is 9.59 Å². The summed E-state index contributed by atoms with van der Waals surface area (Å²) in [6, 6.07) is 34.7. The first-order valence-electron chi connectivity index (χ1n) is 24.8. The molecule has 3 N–H and O–H groups in total. The van der Waals surface area contributed by atoms with Gasteiger partial charge in [-0.1, -0.05) is 95.1 Å². The minimum atomic E-state index is -0.313. The summed E-state index contributed by atoms with van der Waals surface area (Å²) < 4.78 is 9.40. The average molecular weight is 1440 g/mol. The number of aromatic nitrogens is 8. The van der Waals surface area contributed by atoms with Crippen LogP contribution in [0.3, 0.4) is 0 Å². The van der Waals surface area contributed by atoms with Crippen molar-refractivity contribution < 1.29 is 173 Å². The minimum absolute atomic E-state index is 0. The molecular formula is C58H63BBrCl2Cs2N10O7. The Morgan fingerprint density at radius 3 is 1.42 bits per heavy atom. The Hall–Kier alpha value is -3.02. The number of aromatic amines is 2. The summed E-state index contributed by atoms with van der Waals surface area (Å²) >= 11 is 15.6. The number of hydrogen-bond acceptors (Lipinski definition) is 15. The molecule has 413 valence electrons. The predicted octanol–water partition coefficient (Wildman–Crippen LogP) is 5.31. The SMILES string of the molecule is C.COC(=O)c1ccc(C(C)Br)cc1.COC(=O)c1ccc(C(C)N2CCC(c3[nH]nc(-c4ccc(Cl)cc4)c3-c3ccncn3)CC2)cc1.Clc1ccc(-c2n[nH]c(C3CCNCC3)c2-c2ccncn2)cc1.O=CO[O-].[B].[Cs+].[Cs+].[H-]. The molecule has 0 amide bonds. The van der Waals surface area contributed by atoms with E-state index < -0.39 is 0 Å². The van der Waals surface area contributed by atoms with Crippen LogP contribution in [0, 0.1) is 0 Å². The number of hydrogen-bond donors (Lipinski definition) is 3. The van der Waals surface area contributed by atoms with Gasteiger partial charge in [0.25, 0.3) is 6.47 Å². The minimum Gasteiger partial charge on any atom is -1.00 e. The molecule has 2 aliphatic heterocycles. The third-order valence-electron chi connectivity index (χ3n) is 13.4. The first-order valence-corrected chi connectivity index (χ1v) is 26.5. The van der Waals surface area contributed by atoms with E-state index in [4.69, 9.17) is 43.1 Å². The largest absolute Gasteiger partial charge is 1.00 e. The maximum atomic E-state index is 11.7. The Labute approximate surface area is 613 Å². The number of ether oxygens (including phenoxy) is 2. The Morgan fingerprint density at radius 2 is 1.06 bits per heavy atom. The molecular weight excluding hydrogens is 1380 g/mol. The molecule has 17 nitrogen and oxygen atoms in total. The second-order valence-electron chi connectivity index (χ2n) is 18.0. The molecule has 2 unspecified atom stereocenters. The zero-order valence-electron chi connectivity index (χ0n) is 46.4. The number of rotatable bonds is 12. The van der Waals surface area contributed by atoms with E-state index in [-0.39, 0.29) is 180 Å². The van der Waals surface area contributed by atoms with Crippen LogP contribution in [0.5, 0.6) is 0 Å². The summed E-state index contributed by atoms with van der Waals surface area (Å²) in [5.41, 5.74) is 13.5. The van der Waals surface area contributed by atoms with E-state index in [1.165, 1.54) is 25.5 Å². The monoisotopic (exact) mass is 1440 g/mol. The fourth-order valence-corrected chi connectivity index (χ4v) is 9.80. The molecule has 2 atom stereocenters. The van der Waals surface area contributed by atoms with E-state index in [0.717, 1.165) is 113 Å². The molecule has 81 heavy (non-hydrogen) atoms. The number of nitrogens with zero attached hydrogens (tertiary/aromatic N) is 7. The van der Waals surface area contributed by atoms with Gasteiger partial charge in [0.2, 0.25) is 0 Å². The van der Waals surface area contributed by atoms with Crippen LogP contribution in [0.4, 0.5) is 0 Å². The smallest absolute Gasteiger partial charge is 1.00 e. The van der Waals surface area contributed by atoms with Crippen LogP contribution in [0.25, 0.3) is 45.0 Å². The van der Waals surface area contributed by atoms with E-state index >= 15 is 0 Å². The molecule has 23 heteroatoms. The summed E-state index contributed by atoms with van der Waals surface area (Å²) in [7, 11) is 2.78. The second kappa shape index (κ2) is 37.4. The van der Waals surface area contributed by atoms with Crippen LogP contribution in [-0.4, -0.2) is 112 Å². The number of halogens is 3. The van der Waals surface area contributed by atoms with Gasteiger partial charge >= 0.3 is 150 Å². The number of carbonyl (C=O) groups excluding carboxylic acids is 3. The van der Waals surface area contributed by atoms with Gasteiger partial charge in [-0.25, -0.2) is 29.5 Å². The number of carbonyl (C=O) groups is 3. The molecule has 2 fully saturated rings. The first kappa shape index (κ1) is 72.2. The molecule has 8 aromatic rings. The molecule has 6 heterocycles. The molecule has 2 saturated heterocycles. The number of alkyl halides is 1. The van der Waals surface area contributed by atoms with Crippen molar-refractivity contribution in [2.75, 3.05) is 40.4 Å². The van der Waals surface area contributed by atoms with Crippen molar-refractivity contribution in [3.8, 4) is 45.0 Å². The Balaban J connectivity index is 0.000000432. The third kappa shape index (κ3) is 20.3. The summed E-state index contributed by atoms with van der Waals surface area (Å²) in [5, 5.41) is 29.2. The number of nitrogens with one attached hydrogen (secondary N) is 3. The van der Waals surface area contributed by atoms with Gasteiger partial charge in [-0.05, 0) is 138 Å². The van der Waals surface area contributed by atoms with Gasteiger partial charge in [0, 0.05) is 87.2 Å². The van der Waals surface area contributed by atoms with Crippen molar-refractivity contribution in [1.82, 2.24) is 50.5 Å². The van der Waals surface area contributed by atoms with Crippen molar-refractivity contribution in [2.24, 2.45) is 0 Å². The molecule has 4 aromatic carbocycles. The molecule has 0 spiro atoms. The number of H-pyrrole nitrogens is 2. The van der Waals surface area contributed by atoms with Gasteiger partial charge in [-0.3, -0.25) is 19.9 Å². The fraction of sp³-hybridized carbons (Fsp3) is 0.293. The van der Waals surface area contributed by atoms with Crippen LogP contribution in [0.1, 0.15) is 114 Å². The Kier molecular flexibility index (Phi) is 33.4. The van der Waals surface area contributed by atoms with E-state index in [1.807, 2.05) is 104 Å². The molecule has 10 rings (SSSR count). The molecule has 3 radical (unpaired) electrons. The molecule has 0 saturated carbocycles. The molecule has 4 aromatic heterocycles.